The molecule has 2 aromatic carbocycles. The largest absolute Gasteiger partial charge is 0.496 e. The minimum atomic E-state index is -0.567. The van der Waals surface area contributed by atoms with Gasteiger partial charge in [-0.3, -0.25) is 9.78 Å². The Morgan fingerprint density at radius 3 is 2.42 bits per heavy atom. The maximum atomic E-state index is 13.0. The van der Waals surface area contributed by atoms with Crippen LogP contribution in [0.3, 0.4) is 0 Å². The number of amides is 1. The summed E-state index contributed by atoms with van der Waals surface area (Å²) in [6.07, 6.45) is 1.74. The maximum Gasteiger partial charge on any atom is 0.229 e. The van der Waals surface area contributed by atoms with E-state index in [0.717, 1.165) is 27.8 Å². The van der Waals surface area contributed by atoms with Crippen LogP contribution < -0.4 is 10.1 Å². The monoisotopic (exact) mass is 411 g/mol. The van der Waals surface area contributed by atoms with E-state index in [1.54, 1.807) is 13.3 Å². The van der Waals surface area contributed by atoms with Crippen LogP contribution in [0.25, 0.3) is 33.4 Å². The first-order valence-corrected chi connectivity index (χ1v) is 10.2. The van der Waals surface area contributed by atoms with Crippen molar-refractivity contribution in [3.05, 3.63) is 72.9 Å². The zero-order valence-corrected chi connectivity index (χ0v) is 18.1. The Balaban J connectivity index is 1.95. The lowest BCUT2D eigenvalue weighted by Gasteiger charge is -2.22. The highest BCUT2D eigenvalue weighted by molar-refractivity contribution is 6.03. The van der Waals surface area contributed by atoms with E-state index in [-0.39, 0.29) is 5.91 Å². The normalized spacial score (nSPS) is 11.4. The quantitative estimate of drug-likeness (QED) is 0.450. The lowest BCUT2D eigenvalue weighted by molar-refractivity contribution is -0.123. The molecule has 0 atom stereocenters. The zero-order chi connectivity index (χ0) is 22.0. The van der Waals surface area contributed by atoms with Gasteiger partial charge in [-0.15, -0.1) is 0 Å². The standard InChI is InChI=1S/C26H25N3O2/c1-26(2,3)25(30)29-23-19(18-10-6-8-12-22(18)31-4)15-16-27-24(23)21-14-13-17-9-5-7-11-20(17)28-21/h5-16H,1-4H3,(H,29,30). The average Bonchev–Trinajstić information content (AvgIpc) is 2.78. The molecule has 31 heavy (non-hydrogen) atoms. The van der Waals surface area contributed by atoms with Crippen LogP contribution in [0.1, 0.15) is 20.8 Å². The van der Waals surface area contributed by atoms with Crippen molar-refractivity contribution in [1.82, 2.24) is 9.97 Å². The van der Waals surface area contributed by atoms with E-state index >= 15 is 0 Å². The van der Waals surface area contributed by atoms with E-state index in [1.165, 1.54) is 0 Å². The molecular formula is C26H25N3O2. The molecule has 0 fully saturated rings. The van der Waals surface area contributed by atoms with Crippen molar-refractivity contribution in [1.29, 1.82) is 0 Å². The third kappa shape index (κ3) is 4.12. The smallest absolute Gasteiger partial charge is 0.229 e. The first kappa shape index (κ1) is 20.5. The van der Waals surface area contributed by atoms with Crippen molar-refractivity contribution in [3.63, 3.8) is 0 Å². The SMILES string of the molecule is COc1ccccc1-c1ccnc(-c2ccc3ccccc3n2)c1NC(=O)C(C)(C)C. The lowest BCUT2D eigenvalue weighted by atomic mass is 9.94. The van der Waals surface area contributed by atoms with Gasteiger partial charge in [0.2, 0.25) is 5.91 Å². The Morgan fingerprint density at radius 2 is 1.65 bits per heavy atom. The number of hydrogen-bond donors (Lipinski definition) is 1. The summed E-state index contributed by atoms with van der Waals surface area (Å²) < 4.78 is 5.58. The molecule has 0 saturated heterocycles. The number of aromatic nitrogens is 2. The summed E-state index contributed by atoms with van der Waals surface area (Å²) in [5.41, 5.74) is 3.94. The summed E-state index contributed by atoms with van der Waals surface area (Å²) in [5.74, 6) is 0.621. The summed E-state index contributed by atoms with van der Waals surface area (Å²) in [5, 5.41) is 4.17. The van der Waals surface area contributed by atoms with E-state index < -0.39 is 5.41 Å². The van der Waals surface area contributed by atoms with Crippen LogP contribution in [0.5, 0.6) is 5.75 Å². The van der Waals surface area contributed by atoms with Gasteiger partial charge in [0.1, 0.15) is 11.4 Å². The lowest BCUT2D eigenvalue weighted by Crippen LogP contribution is -2.28. The molecule has 0 aliphatic carbocycles. The van der Waals surface area contributed by atoms with E-state index in [0.29, 0.717) is 17.1 Å². The van der Waals surface area contributed by atoms with E-state index in [9.17, 15) is 4.79 Å². The number of carbonyl (C=O) groups excluding carboxylic acids is 1. The van der Waals surface area contributed by atoms with Gasteiger partial charge in [0.05, 0.1) is 24.0 Å². The number of para-hydroxylation sites is 2. The van der Waals surface area contributed by atoms with Crippen molar-refractivity contribution in [2.75, 3.05) is 12.4 Å². The molecule has 0 spiro atoms. The van der Waals surface area contributed by atoms with Crippen LogP contribution in [0.2, 0.25) is 0 Å². The van der Waals surface area contributed by atoms with Crippen molar-refractivity contribution < 1.29 is 9.53 Å². The maximum absolute atomic E-state index is 13.0. The number of fused-ring (bicyclic) bond motifs is 1. The Morgan fingerprint density at radius 1 is 0.903 bits per heavy atom. The zero-order valence-electron chi connectivity index (χ0n) is 18.1. The number of carbonyl (C=O) groups is 1. The molecule has 1 amide bonds. The molecule has 0 bridgehead atoms. The molecule has 0 aliphatic heterocycles. The fraction of sp³-hybridized carbons (Fsp3) is 0.192. The van der Waals surface area contributed by atoms with Crippen LogP contribution in [0.4, 0.5) is 5.69 Å². The summed E-state index contributed by atoms with van der Waals surface area (Å²) >= 11 is 0. The third-order valence-electron chi connectivity index (χ3n) is 5.11. The second kappa shape index (κ2) is 8.19. The van der Waals surface area contributed by atoms with Crippen LogP contribution in [-0.2, 0) is 4.79 Å². The molecule has 5 heteroatoms. The van der Waals surface area contributed by atoms with Gasteiger partial charge in [0.25, 0.3) is 0 Å². The van der Waals surface area contributed by atoms with Gasteiger partial charge in [-0.25, -0.2) is 4.98 Å². The summed E-state index contributed by atoms with van der Waals surface area (Å²) in [6.45, 7) is 5.65. The molecule has 4 aromatic rings. The molecular weight excluding hydrogens is 386 g/mol. The highest BCUT2D eigenvalue weighted by atomic mass is 16.5. The number of benzene rings is 2. The van der Waals surface area contributed by atoms with Crippen molar-refractivity contribution in [3.8, 4) is 28.3 Å². The summed E-state index contributed by atoms with van der Waals surface area (Å²) in [4.78, 5) is 22.4. The number of hydrogen-bond acceptors (Lipinski definition) is 4. The molecule has 0 aliphatic rings. The minimum Gasteiger partial charge on any atom is -0.496 e. The van der Waals surface area contributed by atoms with E-state index in [4.69, 9.17) is 9.72 Å². The fourth-order valence-electron chi connectivity index (χ4n) is 3.37. The predicted molar refractivity (Wildman–Crippen MR) is 125 cm³/mol. The second-order valence-electron chi connectivity index (χ2n) is 8.38. The second-order valence-corrected chi connectivity index (χ2v) is 8.38. The van der Waals surface area contributed by atoms with E-state index in [1.807, 2.05) is 87.5 Å². The molecule has 5 nitrogen and oxygen atoms in total. The first-order valence-electron chi connectivity index (χ1n) is 10.2. The van der Waals surface area contributed by atoms with Gasteiger partial charge in [-0.2, -0.15) is 0 Å². The number of pyridine rings is 2. The van der Waals surface area contributed by atoms with Gasteiger partial charge in [-0.1, -0.05) is 63.2 Å². The van der Waals surface area contributed by atoms with E-state index in [2.05, 4.69) is 10.3 Å². The Labute approximate surface area is 182 Å². The third-order valence-corrected chi connectivity index (χ3v) is 5.11. The van der Waals surface area contributed by atoms with Crippen LogP contribution in [0, 0.1) is 5.41 Å². The summed E-state index contributed by atoms with van der Waals surface area (Å²) in [7, 11) is 1.64. The number of methoxy groups -OCH3 is 1. The number of ether oxygens (including phenoxy) is 1. The number of rotatable bonds is 4. The molecule has 1 N–H and O–H groups in total. The Kier molecular flexibility index (Phi) is 5.42. The van der Waals surface area contributed by atoms with Crippen LogP contribution >= 0.6 is 0 Å². The van der Waals surface area contributed by atoms with Crippen molar-refractivity contribution in [2.45, 2.75) is 20.8 Å². The molecule has 0 radical (unpaired) electrons. The van der Waals surface area contributed by atoms with Gasteiger partial charge in [0.15, 0.2) is 0 Å². The van der Waals surface area contributed by atoms with Crippen molar-refractivity contribution in [2.24, 2.45) is 5.41 Å². The number of nitrogens with zero attached hydrogens (tertiary/aromatic N) is 2. The van der Waals surface area contributed by atoms with Crippen LogP contribution in [-0.4, -0.2) is 23.0 Å². The van der Waals surface area contributed by atoms with Crippen molar-refractivity contribution >= 4 is 22.5 Å². The molecule has 4 rings (SSSR count). The Bertz CT molecular complexity index is 1260. The van der Waals surface area contributed by atoms with Crippen LogP contribution in [0.15, 0.2) is 72.9 Å². The fourth-order valence-corrected chi connectivity index (χ4v) is 3.37. The highest BCUT2D eigenvalue weighted by Crippen LogP contribution is 2.40. The molecule has 156 valence electrons. The van der Waals surface area contributed by atoms with Gasteiger partial charge in [-0.05, 0) is 24.3 Å². The topological polar surface area (TPSA) is 64.1 Å². The molecule has 2 heterocycles. The number of nitrogens with one attached hydrogen (secondary N) is 1. The molecule has 2 aromatic heterocycles. The highest BCUT2D eigenvalue weighted by Gasteiger charge is 2.25. The average molecular weight is 412 g/mol. The van der Waals surface area contributed by atoms with Gasteiger partial charge >= 0.3 is 0 Å². The first-order chi connectivity index (χ1) is 14.9. The molecule has 0 unspecified atom stereocenters. The molecule has 0 saturated carbocycles. The van der Waals surface area contributed by atoms with Gasteiger partial charge in [0, 0.05) is 28.1 Å². The predicted octanol–water partition coefficient (Wildman–Crippen LogP) is 5.96. The summed E-state index contributed by atoms with van der Waals surface area (Å²) in [6, 6.07) is 21.5. The minimum absolute atomic E-state index is 0.0984. The van der Waals surface area contributed by atoms with Gasteiger partial charge < -0.3 is 10.1 Å². The number of anilines is 1. The Hall–Kier alpha value is -3.73.